The largest absolute Gasteiger partial charge is 0.314 e. The first kappa shape index (κ1) is 18.8. The van der Waals surface area contributed by atoms with E-state index in [1.54, 1.807) is 10.9 Å². The Labute approximate surface area is 153 Å². The summed E-state index contributed by atoms with van der Waals surface area (Å²) in [5.74, 6) is 0.873. The molecule has 1 aromatic carbocycles. The molecule has 1 amide bonds. The molecule has 5 nitrogen and oxygen atoms in total. The molecule has 1 fully saturated rings. The zero-order valence-electron chi connectivity index (χ0n) is 13.5. The van der Waals surface area contributed by atoms with Gasteiger partial charge in [0.2, 0.25) is 5.91 Å². The first-order valence-electron chi connectivity index (χ1n) is 7.92. The van der Waals surface area contributed by atoms with Gasteiger partial charge in [-0.05, 0) is 44.0 Å². The summed E-state index contributed by atoms with van der Waals surface area (Å²) in [6.07, 6.45) is 3.45. The van der Waals surface area contributed by atoms with Gasteiger partial charge in [-0.3, -0.25) is 4.79 Å². The van der Waals surface area contributed by atoms with Crippen molar-refractivity contribution in [3.63, 3.8) is 0 Å². The Bertz CT molecular complexity index is 671. The standard InChI is InChI=1S/C17H21ClN4O.ClH/c1-12-10-14(6-8-19-12)17(23)21-16-7-9-20-22(16)11-13-2-4-15(18)5-3-13;/h2-5,7,9,12,14,19H,6,8,10-11H2,1H3,(H,21,23);1H/t12-,14-;/m0./s1. The highest BCUT2D eigenvalue weighted by molar-refractivity contribution is 6.30. The van der Waals surface area contributed by atoms with Crippen molar-refractivity contribution in [2.75, 3.05) is 11.9 Å². The van der Waals surface area contributed by atoms with E-state index in [0.717, 1.165) is 30.8 Å². The molecule has 1 aromatic heterocycles. The van der Waals surface area contributed by atoms with E-state index in [0.29, 0.717) is 17.6 Å². The number of rotatable bonds is 4. The molecule has 24 heavy (non-hydrogen) atoms. The summed E-state index contributed by atoms with van der Waals surface area (Å²) in [6, 6.07) is 9.86. The van der Waals surface area contributed by atoms with Crippen molar-refractivity contribution in [1.29, 1.82) is 0 Å². The number of anilines is 1. The number of hydrogen-bond acceptors (Lipinski definition) is 3. The van der Waals surface area contributed by atoms with Crippen LogP contribution >= 0.6 is 24.0 Å². The Morgan fingerprint density at radius 3 is 2.83 bits per heavy atom. The summed E-state index contributed by atoms with van der Waals surface area (Å²) >= 11 is 5.91. The second-order valence-corrected chi connectivity index (χ2v) is 6.50. The molecule has 0 aliphatic carbocycles. The number of amides is 1. The summed E-state index contributed by atoms with van der Waals surface area (Å²) < 4.78 is 1.80. The fourth-order valence-corrected chi connectivity index (χ4v) is 3.05. The molecule has 3 rings (SSSR count). The van der Waals surface area contributed by atoms with E-state index in [-0.39, 0.29) is 24.2 Å². The van der Waals surface area contributed by atoms with Gasteiger partial charge in [-0.25, -0.2) is 4.68 Å². The maximum atomic E-state index is 12.5. The number of carbonyl (C=O) groups is 1. The molecule has 0 radical (unpaired) electrons. The molecule has 1 saturated heterocycles. The van der Waals surface area contributed by atoms with E-state index >= 15 is 0 Å². The van der Waals surface area contributed by atoms with Gasteiger partial charge < -0.3 is 10.6 Å². The molecule has 7 heteroatoms. The number of nitrogens with zero attached hydrogens (tertiary/aromatic N) is 2. The predicted molar refractivity (Wildman–Crippen MR) is 98.8 cm³/mol. The Kier molecular flexibility index (Phi) is 6.66. The molecule has 0 unspecified atom stereocenters. The molecule has 1 aliphatic rings. The van der Waals surface area contributed by atoms with Gasteiger partial charge in [0.15, 0.2) is 0 Å². The topological polar surface area (TPSA) is 59.0 Å². The molecular weight excluding hydrogens is 347 g/mol. The number of aromatic nitrogens is 2. The van der Waals surface area contributed by atoms with Crippen molar-refractivity contribution >= 4 is 35.7 Å². The summed E-state index contributed by atoms with van der Waals surface area (Å²) in [5.41, 5.74) is 1.09. The number of nitrogens with one attached hydrogen (secondary N) is 2. The molecule has 1 aliphatic heterocycles. The van der Waals surface area contributed by atoms with E-state index in [4.69, 9.17) is 11.6 Å². The zero-order chi connectivity index (χ0) is 16.2. The van der Waals surface area contributed by atoms with Crippen LogP contribution in [-0.2, 0) is 11.3 Å². The van der Waals surface area contributed by atoms with Gasteiger partial charge in [-0.1, -0.05) is 23.7 Å². The van der Waals surface area contributed by atoms with Crippen LogP contribution in [0.5, 0.6) is 0 Å². The lowest BCUT2D eigenvalue weighted by molar-refractivity contribution is -0.120. The summed E-state index contributed by atoms with van der Waals surface area (Å²) in [6.45, 7) is 3.61. The molecule has 2 aromatic rings. The molecular formula is C17H22Cl2N4O. The van der Waals surface area contributed by atoms with Crippen LogP contribution in [0.1, 0.15) is 25.3 Å². The number of carbonyl (C=O) groups excluding carboxylic acids is 1. The minimum absolute atomic E-state index is 0. The van der Waals surface area contributed by atoms with Crippen LogP contribution in [-0.4, -0.2) is 28.3 Å². The van der Waals surface area contributed by atoms with Crippen LogP contribution < -0.4 is 10.6 Å². The zero-order valence-corrected chi connectivity index (χ0v) is 15.1. The van der Waals surface area contributed by atoms with Crippen LogP contribution in [0.15, 0.2) is 36.5 Å². The van der Waals surface area contributed by atoms with Crippen LogP contribution in [0.3, 0.4) is 0 Å². The van der Waals surface area contributed by atoms with Crippen molar-refractivity contribution in [2.45, 2.75) is 32.4 Å². The van der Waals surface area contributed by atoms with Crippen molar-refractivity contribution in [2.24, 2.45) is 5.92 Å². The van der Waals surface area contributed by atoms with E-state index in [1.807, 2.05) is 30.3 Å². The lowest BCUT2D eigenvalue weighted by Gasteiger charge is -2.27. The second kappa shape index (κ2) is 8.51. The van der Waals surface area contributed by atoms with E-state index < -0.39 is 0 Å². The van der Waals surface area contributed by atoms with Crippen LogP contribution in [0, 0.1) is 5.92 Å². The maximum absolute atomic E-state index is 12.5. The highest BCUT2D eigenvalue weighted by Crippen LogP contribution is 2.19. The lowest BCUT2D eigenvalue weighted by Crippen LogP contribution is -2.40. The fraction of sp³-hybridized carbons (Fsp3) is 0.412. The minimum Gasteiger partial charge on any atom is -0.314 e. The Hall–Kier alpha value is -1.56. The quantitative estimate of drug-likeness (QED) is 0.869. The van der Waals surface area contributed by atoms with Gasteiger partial charge in [0, 0.05) is 23.0 Å². The molecule has 0 spiro atoms. The number of benzene rings is 1. The Balaban J connectivity index is 0.00000208. The lowest BCUT2D eigenvalue weighted by atomic mass is 9.92. The van der Waals surface area contributed by atoms with E-state index in [1.165, 1.54) is 0 Å². The normalized spacial score (nSPS) is 20.2. The number of halogens is 2. The molecule has 0 saturated carbocycles. The van der Waals surface area contributed by atoms with Crippen molar-refractivity contribution < 1.29 is 4.79 Å². The number of hydrogen-bond donors (Lipinski definition) is 2. The Morgan fingerprint density at radius 1 is 1.38 bits per heavy atom. The summed E-state index contributed by atoms with van der Waals surface area (Å²) in [7, 11) is 0. The average Bonchev–Trinajstić information content (AvgIpc) is 2.96. The van der Waals surface area contributed by atoms with E-state index in [9.17, 15) is 4.79 Å². The molecule has 0 bridgehead atoms. The Morgan fingerprint density at radius 2 is 2.12 bits per heavy atom. The summed E-state index contributed by atoms with van der Waals surface area (Å²) in [5, 5.41) is 11.4. The van der Waals surface area contributed by atoms with Crippen molar-refractivity contribution in [1.82, 2.24) is 15.1 Å². The molecule has 2 heterocycles. The molecule has 2 N–H and O–H groups in total. The van der Waals surface area contributed by atoms with Crippen LogP contribution in [0.25, 0.3) is 0 Å². The highest BCUT2D eigenvalue weighted by atomic mass is 35.5. The number of piperidine rings is 1. The second-order valence-electron chi connectivity index (χ2n) is 6.07. The third kappa shape index (κ3) is 4.72. The summed E-state index contributed by atoms with van der Waals surface area (Å²) in [4.78, 5) is 12.5. The molecule has 2 atom stereocenters. The predicted octanol–water partition coefficient (Wildman–Crippen LogP) is 3.33. The first-order chi connectivity index (χ1) is 11.1. The average molecular weight is 369 g/mol. The third-order valence-corrected chi connectivity index (χ3v) is 4.46. The van der Waals surface area contributed by atoms with Gasteiger partial charge in [-0.2, -0.15) is 5.10 Å². The maximum Gasteiger partial charge on any atom is 0.228 e. The monoisotopic (exact) mass is 368 g/mol. The smallest absolute Gasteiger partial charge is 0.228 e. The minimum atomic E-state index is 0. The SMILES string of the molecule is C[C@H]1C[C@@H](C(=O)Nc2ccnn2Cc2ccc(Cl)cc2)CCN1.Cl. The van der Waals surface area contributed by atoms with Gasteiger partial charge in [-0.15, -0.1) is 12.4 Å². The van der Waals surface area contributed by atoms with Gasteiger partial charge in [0.05, 0.1) is 12.7 Å². The van der Waals surface area contributed by atoms with Crippen molar-refractivity contribution in [3.05, 3.63) is 47.1 Å². The highest BCUT2D eigenvalue weighted by Gasteiger charge is 2.25. The third-order valence-electron chi connectivity index (χ3n) is 4.21. The van der Waals surface area contributed by atoms with Gasteiger partial charge in [0.1, 0.15) is 5.82 Å². The van der Waals surface area contributed by atoms with Crippen LogP contribution in [0.4, 0.5) is 5.82 Å². The van der Waals surface area contributed by atoms with Crippen molar-refractivity contribution in [3.8, 4) is 0 Å². The van der Waals surface area contributed by atoms with Gasteiger partial charge in [0.25, 0.3) is 0 Å². The van der Waals surface area contributed by atoms with Crippen LogP contribution in [0.2, 0.25) is 5.02 Å². The molecule has 130 valence electrons. The van der Waals surface area contributed by atoms with E-state index in [2.05, 4.69) is 22.7 Å². The first-order valence-corrected chi connectivity index (χ1v) is 8.30. The van der Waals surface area contributed by atoms with Gasteiger partial charge >= 0.3 is 0 Å². The fourth-order valence-electron chi connectivity index (χ4n) is 2.93.